The summed E-state index contributed by atoms with van der Waals surface area (Å²) in [4.78, 5) is 0. The summed E-state index contributed by atoms with van der Waals surface area (Å²) in [5.74, 6) is 2.91. The van der Waals surface area contributed by atoms with Crippen LogP contribution in [0.1, 0.15) is 49.8 Å². The highest BCUT2D eigenvalue weighted by atomic mass is 16.5. The quantitative estimate of drug-likeness (QED) is 0.890. The molecule has 0 saturated heterocycles. The van der Waals surface area contributed by atoms with Crippen LogP contribution in [0.2, 0.25) is 0 Å². The first-order chi connectivity index (χ1) is 9.19. The zero-order valence-electron chi connectivity index (χ0n) is 11.9. The van der Waals surface area contributed by atoms with Crippen LogP contribution in [0.25, 0.3) is 0 Å². The van der Waals surface area contributed by atoms with E-state index in [1.807, 2.05) is 13.0 Å². The van der Waals surface area contributed by atoms with E-state index in [2.05, 4.69) is 19.1 Å². The molecule has 1 aromatic carbocycles. The van der Waals surface area contributed by atoms with Crippen LogP contribution in [0.3, 0.4) is 0 Å². The maximum Gasteiger partial charge on any atom is 0.125 e. The normalized spacial score (nSPS) is 30.6. The van der Waals surface area contributed by atoms with Gasteiger partial charge in [-0.25, -0.2) is 0 Å². The lowest BCUT2D eigenvalue weighted by Crippen LogP contribution is -2.20. The van der Waals surface area contributed by atoms with Crippen LogP contribution in [-0.2, 0) is 0 Å². The molecule has 2 saturated carbocycles. The molecule has 2 nitrogen and oxygen atoms in total. The molecule has 19 heavy (non-hydrogen) atoms. The molecule has 1 N–H and O–H groups in total. The lowest BCUT2D eigenvalue weighted by molar-refractivity contribution is 0.0717. The van der Waals surface area contributed by atoms with Crippen LogP contribution < -0.4 is 4.74 Å². The van der Waals surface area contributed by atoms with Crippen molar-refractivity contribution in [3.05, 3.63) is 29.3 Å². The lowest BCUT2D eigenvalue weighted by atomic mass is 9.81. The minimum Gasteiger partial charge on any atom is -0.493 e. The highest BCUT2D eigenvalue weighted by molar-refractivity contribution is 5.39. The Labute approximate surface area is 115 Å². The van der Waals surface area contributed by atoms with Gasteiger partial charge in [-0.15, -0.1) is 0 Å². The van der Waals surface area contributed by atoms with E-state index in [9.17, 15) is 5.11 Å². The predicted molar refractivity (Wildman–Crippen MR) is 76.2 cm³/mol. The molecule has 0 aromatic heterocycles. The molecule has 2 bridgehead atoms. The highest BCUT2D eigenvalue weighted by Gasteiger charge is 2.43. The molecular weight excluding hydrogens is 236 g/mol. The van der Waals surface area contributed by atoms with Crippen molar-refractivity contribution in [1.29, 1.82) is 0 Å². The second kappa shape index (κ2) is 5.16. The molecule has 3 rings (SSSR count). The van der Waals surface area contributed by atoms with Crippen LogP contribution in [0.5, 0.6) is 5.75 Å². The van der Waals surface area contributed by atoms with Gasteiger partial charge in [0.05, 0.1) is 12.7 Å². The van der Waals surface area contributed by atoms with Gasteiger partial charge < -0.3 is 9.84 Å². The van der Waals surface area contributed by atoms with E-state index in [1.165, 1.54) is 31.2 Å². The van der Waals surface area contributed by atoms with E-state index in [4.69, 9.17) is 4.74 Å². The first-order valence-electron chi connectivity index (χ1n) is 7.60. The Balaban J connectivity index is 1.86. The summed E-state index contributed by atoms with van der Waals surface area (Å²) in [7, 11) is 0. The van der Waals surface area contributed by atoms with Gasteiger partial charge in [-0.3, -0.25) is 0 Å². The van der Waals surface area contributed by atoms with Gasteiger partial charge in [0.15, 0.2) is 0 Å². The molecule has 2 heteroatoms. The van der Waals surface area contributed by atoms with Gasteiger partial charge in [-0.05, 0) is 63.0 Å². The molecule has 2 aliphatic rings. The number of benzene rings is 1. The number of fused-ring (bicyclic) bond motifs is 2. The van der Waals surface area contributed by atoms with E-state index in [0.29, 0.717) is 12.5 Å². The fraction of sp³-hybridized carbons (Fsp3) is 0.647. The Bertz CT molecular complexity index is 455. The molecule has 0 spiro atoms. The number of hydrogen-bond acceptors (Lipinski definition) is 2. The molecule has 4 unspecified atom stereocenters. The van der Waals surface area contributed by atoms with Crippen molar-refractivity contribution in [1.82, 2.24) is 0 Å². The summed E-state index contributed by atoms with van der Waals surface area (Å²) in [6.07, 6.45) is 4.86. The van der Waals surface area contributed by atoms with Gasteiger partial charge in [-0.2, -0.15) is 0 Å². The van der Waals surface area contributed by atoms with Gasteiger partial charge in [0.1, 0.15) is 5.75 Å². The second-order valence-corrected chi connectivity index (χ2v) is 6.26. The third-order valence-electron chi connectivity index (χ3n) is 4.98. The summed E-state index contributed by atoms with van der Waals surface area (Å²) in [6, 6.07) is 6.16. The average molecular weight is 260 g/mol. The third-order valence-corrected chi connectivity index (χ3v) is 4.98. The van der Waals surface area contributed by atoms with Crippen LogP contribution in [-0.4, -0.2) is 11.7 Å². The Hall–Kier alpha value is -1.02. The molecule has 2 aliphatic carbocycles. The van der Waals surface area contributed by atoms with Crippen molar-refractivity contribution in [2.75, 3.05) is 6.61 Å². The summed E-state index contributed by atoms with van der Waals surface area (Å²) in [5.41, 5.74) is 2.19. The van der Waals surface area contributed by atoms with E-state index in [1.54, 1.807) is 0 Å². The van der Waals surface area contributed by atoms with Crippen molar-refractivity contribution in [3.63, 3.8) is 0 Å². The van der Waals surface area contributed by atoms with Crippen molar-refractivity contribution in [3.8, 4) is 5.75 Å². The second-order valence-electron chi connectivity index (χ2n) is 6.26. The average Bonchev–Trinajstić information content (AvgIpc) is 3.02. The van der Waals surface area contributed by atoms with Crippen molar-refractivity contribution < 1.29 is 9.84 Å². The van der Waals surface area contributed by atoms with Gasteiger partial charge in [0.25, 0.3) is 0 Å². The number of aryl methyl sites for hydroxylation is 1. The van der Waals surface area contributed by atoms with Crippen LogP contribution in [0.15, 0.2) is 18.2 Å². The fourth-order valence-corrected chi connectivity index (χ4v) is 4.10. The van der Waals surface area contributed by atoms with E-state index in [-0.39, 0.29) is 6.10 Å². The van der Waals surface area contributed by atoms with Crippen molar-refractivity contribution >= 4 is 0 Å². The number of aliphatic hydroxyl groups is 1. The molecule has 0 aliphatic heterocycles. The van der Waals surface area contributed by atoms with Crippen molar-refractivity contribution in [2.45, 2.75) is 45.6 Å². The third kappa shape index (κ3) is 2.38. The molecule has 104 valence electrons. The molecule has 4 atom stereocenters. The van der Waals surface area contributed by atoms with Gasteiger partial charge in [0, 0.05) is 5.56 Å². The lowest BCUT2D eigenvalue weighted by Gasteiger charge is -2.28. The first kappa shape index (κ1) is 13.0. The van der Waals surface area contributed by atoms with Gasteiger partial charge >= 0.3 is 0 Å². The zero-order chi connectivity index (χ0) is 13.4. The SMILES string of the molecule is CCOc1ccc(C)cc1C(O)C1CC2CCC1C2. The van der Waals surface area contributed by atoms with Crippen molar-refractivity contribution in [2.24, 2.45) is 17.8 Å². The highest BCUT2D eigenvalue weighted by Crippen LogP contribution is 2.53. The molecule has 0 amide bonds. The van der Waals surface area contributed by atoms with E-state index < -0.39 is 0 Å². The van der Waals surface area contributed by atoms with Gasteiger partial charge in [0.2, 0.25) is 0 Å². The van der Waals surface area contributed by atoms with Crippen LogP contribution in [0, 0.1) is 24.7 Å². The number of rotatable bonds is 4. The minimum atomic E-state index is -0.350. The molecule has 0 heterocycles. The monoisotopic (exact) mass is 260 g/mol. The van der Waals surface area contributed by atoms with Gasteiger partial charge in [-0.1, -0.05) is 18.1 Å². The van der Waals surface area contributed by atoms with Crippen LogP contribution in [0.4, 0.5) is 0 Å². The number of ether oxygens (including phenoxy) is 1. The smallest absolute Gasteiger partial charge is 0.125 e. The Morgan fingerprint density at radius 3 is 2.79 bits per heavy atom. The molecular formula is C17H24O2. The molecule has 1 aromatic rings. The summed E-state index contributed by atoms with van der Waals surface area (Å²) < 4.78 is 5.69. The number of aliphatic hydroxyl groups excluding tert-OH is 1. The van der Waals surface area contributed by atoms with E-state index in [0.717, 1.165) is 23.1 Å². The standard InChI is InChI=1S/C17H24O2/c1-3-19-16-7-4-11(2)8-15(16)17(18)14-10-12-5-6-13(14)9-12/h4,7-8,12-14,17-18H,3,5-6,9-10H2,1-2H3. The summed E-state index contributed by atoms with van der Waals surface area (Å²) in [5, 5.41) is 10.8. The maximum atomic E-state index is 10.8. The zero-order valence-corrected chi connectivity index (χ0v) is 11.9. The maximum absolute atomic E-state index is 10.8. The predicted octanol–water partition coefficient (Wildman–Crippen LogP) is 3.86. The topological polar surface area (TPSA) is 29.5 Å². The fourth-order valence-electron chi connectivity index (χ4n) is 4.10. The minimum absolute atomic E-state index is 0.350. The van der Waals surface area contributed by atoms with E-state index >= 15 is 0 Å². The Morgan fingerprint density at radius 1 is 1.32 bits per heavy atom. The molecule has 0 radical (unpaired) electrons. The Kier molecular flexibility index (Phi) is 3.53. The molecule has 2 fully saturated rings. The summed E-state index contributed by atoms with van der Waals surface area (Å²) >= 11 is 0. The first-order valence-corrected chi connectivity index (χ1v) is 7.60. The largest absolute Gasteiger partial charge is 0.493 e. The summed E-state index contributed by atoms with van der Waals surface area (Å²) in [6.45, 7) is 4.72. The van der Waals surface area contributed by atoms with Crippen LogP contribution >= 0.6 is 0 Å². The Morgan fingerprint density at radius 2 is 2.16 bits per heavy atom. The number of hydrogen-bond donors (Lipinski definition) is 1.